The number of aryl methyl sites for hydroxylation is 1. The molecule has 1 atom stereocenters. The molecule has 1 unspecified atom stereocenters. The van der Waals surface area contributed by atoms with Gasteiger partial charge in [0.1, 0.15) is 4.75 Å². The van der Waals surface area contributed by atoms with Gasteiger partial charge in [0.2, 0.25) is 0 Å². The summed E-state index contributed by atoms with van der Waals surface area (Å²) in [5, 5.41) is 7.13. The number of nitrogens with one attached hydrogen (secondary N) is 1. The predicted octanol–water partition coefficient (Wildman–Crippen LogP) is 0.397. The van der Waals surface area contributed by atoms with Crippen molar-refractivity contribution in [2.45, 2.75) is 30.4 Å². The Hall–Kier alpha value is -2.49. The van der Waals surface area contributed by atoms with Crippen LogP contribution >= 0.6 is 0 Å². The highest BCUT2D eigenvalue weighted by molar-refractivity contribution is 7.93. The van der Waals surface area contributed by atoms with Crippen LogP contribution in [0.4, 0.5) is 0 Å². The van der Waals surface area contributed by atoms with Crippen LogP contribution in [0.2, 0.25) is 0 Å². The third-order valence-electron chi connectivity index (χ3n) is 6.27. The van der Waals surface area contributed by atoms with Gasteiger partial charge in [-0.15, -0.1) is 0 Å². The molecule has 1 spiro atoms. The Morgan fingerprint density at radius 2 is 2.07 bits per heavy atom. The van der Waals surface area contributed by atoms with Crippen LogP contribution in [-0.2, 0) is 22.7 Å². The lowest BCUT2D eigenvalue weighted by molar-refractivity contribution is 0.0397. The van der Waals surface area contributed by atoms with E-state index in [0.29, 0.717) is 12.1 Å². The van der Waals surface area contributed by atoms with Crippen molar-refractivity contribution in [2.24, 2.45) is 5.92 Å². The lowest BCUT2D eigenvalue weighted by Crippen LogP contribution is -2.69. The molecule has 3 aliphatic rings. The van der Waals surface area contributed by atoms with Crippen molar-refractivity contribution in [2.75, 3.05) is 25.4 Å². The highest BCUT2D eigenvalue weighted by Gasteiger charge is 2.63. The number of sulfone groups is 1. The molecule has 2 aromatic rings. The molecule has 0 aromatic carbocycles. The van der Waals surface area contributed by atoms with Crippen LogP contribution in [0.1, 0.15) is 34.6 Å². The number of aromatic nitrogens is 4. The van der Waals surface area contributed by atoms with E-state index >= 15 is 0 Å². The molecule has 4 heterocycles. The summed E-state index contributed by atoms with van der Waals surface area (Å²) in [5.41, 5.74) is 2.46. The first-order chi connectivity index (χ1) is 13.5. The Bertz CT molecular complexity index is 1010. The molecular formula is C18H21N5O4S. The molecule has 148 valence electrons. The molecule has 2 saturated heterocycles. The summed E-state index contributed by atoms with van der Waals surface area (Å²) in [6.07, 6.45) is 6.45. The number of hydrogen-bond acceptors (Lipinski definition) is 7. The van der Waals surface area contributed by atoms with Crippen molar-refractivity contribution < 1.29 is 17.9 Å². The van der Waals surface area contributed by atoms with Gasteiger partial charge in [0.15, 0.2) is 15.5 Å². The molecule has 10 heteroatoms. The van der Waals surface area contributed by atoms with E-state index in [0.717, 1.165) is 30.5 Å². The first kappa shape index (κ1) is 17.6. The molecule has 2 aromatic heterocycles. The summed E-state index contributed by atoms with van der Waals surface area (Å²) in [6.45, 7) is 0.613. The number of fused-ring (bicyclic) bond motifs is 1. The van der Waals surface area contributed by atoms with E-state index < -0.39 is 14.6 Å². The minimum absolute atomic E-state index is 0.122. The van der Waals surface area contributed by atoms with Crippen LogP contribution in [0.25, 0.3) is 0 Å². The minimum Gasteiger partial charge on any atom is -0.463 e. The zero-order valence-electron chi connectivity index (χ0n) is 15.3. The molecule has 0 radical (unpaired) electrons. The molecule has 2 aliphatic heterocycles. The fourth-order valence-electron chi connectivity index (χ4n) is 4.63. The fraction of sp³-hybridized carbons (Fsp3) is 0.556. The lowest BCUT2D eigenvalue weighted by Gasteiger charge is -2.49. The number of amides is 1. The summed E-state index contributed by atoms with van der Waals surface area (Å²) in [7, 11) is -3.29. The quantitative estimate of drug-likeness (QED) is 0.785. The highest BCUT2D eigenvalue weighted by Crippen LogP contribution is 2.45. The van der Waals surface area contributed by atoms with Crippen LogP contribution in [0.5, 0.6) is 6.01 Å². The van der Waals surface area contributed by atoms with Gasteiger partial charge in [0.05, 0.1) is 12.4 Å². The number of carbonyl (C=O) groups excluding carboxylic acids is 1. The molecule has 5 rings (SSSR count). The maximum Gasteiger partial charge on any atom is 0.316 e. The van der Waals surface area contributed by atoms with Crippen LogP contribution < -0.4 is 4.74 Å². The number of H-pyrrole nitrogens is 1. The van der Waals surface area contributed by atoms with Crippen molar-refractivity contribution in [1.29, 1.82) is 0 Å². The predicted molar refractivity (Wildman–Crippen MR) is 98.7 cm³/mol. The van der Waals surface area contributed by atoms with E-state index in [4.69, 9.17) is 4.74 Å². The van der Waals surface area contributed by atoms with Gasteiger partial charge >= 0.3 is 6.01 Å². The summed E-state index contributed by atoms with van der Waals surface area (Å²) < 4.78 is 30.3. The largest absolute Gasteiger partial charge is 0.463 e. The van der Waals surface area contributed by atoms with E-state index in [9.17, 15) is 13.2 Å². The maximum absolute atomic E-state index is 12.9. The molecule has 0 saturated carbocycles. The monoisotopic (exact) mass is 403 g/mol. The van der Waals surface area contributed by atoms with Crippen LogP contribution in [0.15, 0.2) is 18.5 Å². The minimum atomic E-state index is -3.29. The fourth-order valence-corrected chi connectivity index (χ4v) is 7.03. The molecule has 1 N–H and O–H groups in total. The van der Waals surface area contributed by atoms with E-state index in [1.807, 2.05) is 0 Å². The molecule has 2 fully saturated rings. The molecule has 28 heavy (non-hydrogen) atoms. The number of aromatic amines is 1. The number of likely N-dealkylation sites (tertiary alicyclic amines) is 1. The van der Waals surface area contributed by atoms with Gasteiger partial charge < -0.3 is 9.64 Å². The van der Waals surface area contributed by atoms with Gasteiger partial charge in [-0.3, -0.25) is 9.89 Å². The average Bonchev–Trinajstić information content (AvgIpc) is 3.32. The molecule has 9 nitrogen and oxygen atoms in total. The molecule has 0 bridgehead atoms. The van der Waals surface area contributed by atoms with Gasteiger partial charge in [-0.2, -0.15) is 5.10 Å². The lowest BCUT2D eigenvalue weighted by atomic mass is 9.83. The topological polar surface area (TPSA) is 118 Å². The summed E-state index contributed by atoms with van der Waals surface area (Å²) >= 11 is 0. The normalized spacial score (nSPS) is 24.1. The van der Waals surface area contributed by atoms with Crippen molar-refractivity contribution in [1.82, 2.24) is 25.1 Å². The Morgan fingerprint density at radius 1 is 1.29 bits per heavy atom. The summed E-state index contributed by atoms with van der Waals surface area (Å²) in [5.74, 6) is -0.246. The van der Waals surface area contributed by atoms with E-state index in [1.54, 1.807) is 23.4 Å². The van der Waals surface area contributed by atoms with Gasteiger partial charge in [0.25, 0.3) is 5.91 Å². The Labute approximate surface area is 162 Å². The number of hydrogen-bond donors (Lipinski definition) is 1. The third kappa shape index (κ3) is 2.54. The first-order valence-electron chi connectivity index (χ1n) is 9.48. The van der Waals surface area contributed by atoms with Crippen molar-refractivity contribution in [3.63, 3.8) is 0 Å². The molecular weight excluding hydrogens is 382 g/mol. The van der Waals surface area contributed by atoms with E-state index in [2.05, 4.69) is 20.2 Å². The first-order valence-corrected chi connectivity index (χ1v) is 11.1. The Morgan fingerprint density at radius 3 is 2.86 bits per heavy atom. The maximum atomic E-state index is 12.9. The standard InChI is InChI=1S/C18H21N5O4S/c24-16(15-13-3-1-4-14(13)21-22-15)23-10-18(11-23)12(5-8-28(18,25)26)9-27-17-19-6-2-7-20-17/h2,6-7,12H,1,3-5,8-11H2,(H,21,22). The number of nitrogens with zero attached hydrogens (tertiary/aromatic N) is 4. The Balaban J connectivity index is 1.31. The van der Waals surface area contributed by atoms with Gasteiger partial charge in [-0.1, -0.05) is 0 Å². The molecule has 1 aliphatic carbocycles. The van der Waals surface area contributed by atoms with E-state index in [-0.39, 0.29) is 43.3 Å². The van der Waals surface area contributed by atoms with Crippen molar-refractivity contribution >= 4 is 15.7 Å². The highest BCUT2D eigenvalue weighted by atomic mass is 32.2. The van der Waals surface area contributed by atoms with Gasteiger partial charge in [0, 0.05) is 42.7 Å². The second kappa shape index (κ2) is 6.26. The zero-order valence-corrected chi connectivity index (χ0v) is 16.1. The second-order valence-electron chi connectivity index (χ2n) is 7.76. The van der Waals surface area contributed by atoms with Crippen LogP contribution in [-0.4, -0.2) is 69.6 Å². The SMILES string of the molecule is O=C(c1n[nH]c2c1CCC2)N1CC2(C1)C(COc1ncccn1)CCS2(=O)=O. The number of rotatable bonds is 4. The molecule has 1 amide bonds. The second-order valence-corrected chi connectivity index (χ2v) is 10.2. The summed E-state index contributed by atoms with van der Waals surface area (Å²) in [4.78, 5) is 22.5. The van der Waals surface area contributed by atoms with Crippen LogP contribution in [0.3, 0.4) is 0 Å². The van der Waals surface area contributed by atoms with Crippen molar-refractivity contribution in [3.05, 3.63) is 35.4 Å². The average molecular weight is 403 g/mol. The summed E-state index contributed by atoms with van der Waals surface area (Å²) in [6, 6.07) is 1.93. The third-order valence-corrected chi connectivity index (χ3v) is 8.87. The smallest absolute Gasteiger partial charge is 0.316 e. The number of carbonyl (C=O) groups is 1. The number of ether oxygens (including phenoxy) is 1. The zero-order chi connectivity index (χ0) is 19.4. The van der Waals surface area contributed by atoms with Crippen molar-refractivity contribution in [3.8, 4) is 6.01 Å². The van der Waals surface area contributed by atoms with E-state index in [1.165, 1.54) is 0 Å². The Kier molecular flexibility index (Phi) is 3.94. The van der Waals surface area contributed by atoms with Gasteiger partial charge in [-0.05, 0) is 31.7 Å². The van der Waals surface area contributed by atoms with Gasteiger partial charge in [-0.25, -0.2) is 18.4 Å². The van der Waals surface area contributed by atoms with Crippen LogP contribution in [0, 0.1) is 5.92 Å².